The Kier molecular flexibility index (Phi) is 7.44. The largest absolute Gasteiger partial charge is 0.434 e. The minimum atomic E-state index is -4.82. The summed E-state index contributed by atoms with van der Waals surface area (Å²) in [5.41, 5.74) is -1.37. The van der Waals surface area contributed by atoms with Crippen LogP contribution in [0, 0.1) is 0 Å². The van der Waals surface area contributed by atoms with Crippen molar-refractivity contribution in [2.24, 2.45) is 5.14 Å². The van der Waals surface area contributed by atoms with E-state index < -0.39 is 38.2 Å². The zero-order valence-corrected chi connectivity index (χ0v) is 19.6. The minimum Gasteiger partial charge on any atom is -0.291 e. The van der Waals surface area contributed by atoms with Crippen LogP contribution in [0.1, 0.15) is 36.5 Å². The molecule has 1 aliphatic rings. The highest BCUT2D eigenvalue weighted by Crippen LogP contribution is 2.34. The average Bonchev–Trinajstić information content (AvgIpc) is 2.73. The van der Waals surface area contributed by atoms with Gasteiger partial charge in [-0.2, -0.15) is 25.9 Å². The van der Waals surface area contributed by atoms with E-state index >= 15 is 0 Å². The second-order valence-corrected chi connectivity index (χ2v) is 9.75. The molecule has 3 rings (SSSR count). The first kappa shape index (κ1) is 24.8. The Labute approximate surface area is 192 Å². The number of alkyl halides is 3. The number of rotatable bonds is 6. The predicted octanol–water partition coefficient (Wildman–Crippen LogP) is 2.35. The molecule has 0 amide bonds. The highest BCUT2D eigenvalue weighted by atomic mass is 79.9. The fourth-order valence-electron chi connectivity index (χ4n) is 3.78. The van der Waals surface area contributed by atoms with Crippen LogP contribution in [0.15, 0.2) is 39.6 Å². The quantitative estimate of drug-likeness (QED) is 0.609. The normalized spacial score (nSPS) is 17.4. The molecule has 1 unspecified atom stereocenters. The summed E-state index contributed by atoms with van der Waals surface area (Å²) < 4.78 is 65.8. The maximum absolute atomic E-state index is 13.6. The average molecular weight is 538 g/mol. The third-order valence-electron chi connectivity index (χ3n) is 5.35. The van der Waals surface area contributed by atoms with Gasteiger partial charge in [0, 0.05) is 26.2 Å². The molecule has 1 aromatic heterocycles. The highest BCUT2D eigenvalue weighted by molar-refractivity contribution is 9.10. The molecule has 1 fully saturated rings. The Morgan fingerprint density at radius 3 is 2.25 bits per heavy atom. The lowest BCUT2D eigenvalue weighted by Crippen LogP contribution is -2.52. The monoisotopic (exact) mass is 537 g/mol. The van der Waals surface area contributed by atoms with Crippen molar-refractivity contribution >= 4 is 26.1 Å². The van der Waals surface area contributed by atoms with Gasteiger partial charge in [-0.1, -0.05) is 37.3 Å². The molecule has 1 atom stereocenters. The van der Waals surface area contributed by atoms with Crippen molar-refractivity contribution in [3.63, 3.8) is 0 Å². The number of nitrogens with zero attached hydrogens (tertiary/aromatic N) is 4. The van der Waals surface area contributed by atoms with Crippen LogP contribution in [-0.2, 0) is 22.9 Å². The number of halogens is 4. The van der Waals surface area contributed by atoms with E-state index in [2.05, 4.69) is 20.9 Å². The van der Waals surface area contributed by atoms with Gasteiger partial charge in [0.1, 0.15) is 10.3 Å². The predicted molar refractivity (Wildman–Crippen MR) is 116 cm³/mol. The molecule has 1 saturated heterocycles. The number of benzene rings is 1. The first-order valence-electron chi connectivity index (χ1n) is 9.86. The van der Waals surface area contributed by atoms with Crippen LogP contribution in [0.4, 0.5) is 13.2 Å². The number of aromatic nitrogens is 2. The van der Waals surface area contributed by atoms with E-state index in [-0.39, 0.29) is 38.5 Å². The van der Waals surface area contributed by atoms with Crippen LogP contribution < -0.4 is 10.7 Å². The molecule has 32 heavy (non-hydrogen) atoms. The lowest BCUT2D eigenvalue weighted by Gasteiger charge is -2.38. The maximum atomic E-state index is 13.6. The third kappa shape index (κ3) is 5.39. The lowest BCUT2D eigenvalue weighted by atomic mass is 10.1. The van der Waals surface area contributed by atoms with Gasteiger partial charge in [-0.25, -0.2) is 10.1 Å². The van der Waals surface area contributed by atoms with Crippen molar-refractivity contribution in [1.29, 1.82) is 0 Å². The zero-order valence-electron chi connectivity index (χ0n) is 17.2. The van der Waals surface area contributed by atoms with Gasteiger partial charge in [-0.05, 0) is 27.9 Å². The Morgan fingerprint density at radius 1 is 1.16 bits per heavy atom. The Bertz CT molecular complexity index is 1120. The van der Waals surface area contributed by atoms with E-state index in [1.54, 1.807) is 37.3 Å². The summed E-state index contributed by atoms with van der Waals surface area (Å²) in [6, 6.07) is 8.27. The molecule has 8 nitrogen and oxygen atoms in total. The topological polar surface area (TPSA) is 102 Å². The van der Waals surface area contributed by atoms with Crippen molar-refractivity contribution in [2.75, 3.05) is 26.2 Å². The summed E-state index contributed by atoms with van der Waals surface area (Å²) >= 11 is 2.79. The second-order valence-electron chi connectivity index (χ2n) is 7.41. The molecule has 2 heterocycles. The second kappa shape index (κ2) is 9.59. The summed E-state index contributed by atoms with van der Waals surface area (Å²) in [6.45, 7) is 2.51. The van der Waals surface area contributed by atoms with Gasteiger partial charge in [0.2, 0.25) is 0 Å². The number of hydrogen-bond donors (Lipinski definition) is 1. The summed E-state index contributed by atoms with van der Waals surface area (Å²) in [6.07, 6.45) is -4.45. The maximum Gasteiger partial charge on any atom is 0.434 e. The van der Waals surface area contributed by atoms with Crippen LogP contribution in [-0.4, -0.2) is 53.4 Å². The van der Waals surface area contributed by atoms with Crippen molar-refractivity contribution in [1.82, 2.24) is 18.8 Å². The molecule has 0 spiro atoms. The molecule has 2 N–H and O–H groups in total. The molecule has 2 aromatic rings. The Balaban J connectivity index is 2.07. The molecule has 1 aromatic carbocycles. The molecule has 0 aliphatic carbocycles. The van der Waals surface area contributed by atoms with Crippen LogP contribution in [0.2, 0.25) is 0 Å². The standard InChI is InChI=1S/C19H23BrF3N5O3S/c1-2-14(26-8-10-27(11-9-26)32(24,30)31)17-25-16(19(21,22)23)15(20)18(29)28(17)12-13-6-4-3-5-7-13/h3-7,14H,2,8-12H2,1H3,(H2,24,30,31). The van der Waals surface area contributed by atoms with Crippen molar-refractivity contribution in [3.8, 4) is 0 Å². The number of hydrogen-bond acceptors (Lipinski definition) is 5. The molecule has 13 heteroatoms. The lowest BCUT2D eigenvalue weighted by molar-refractivity contribution is -0.142. The molecular formula is C19H23BrF3N5O3S. The van der Waals surface area contributed by atoms with Gasteiger partial charge in [-0.15, -0.1) is 0 Å². The van der Waals surface area contributed by atoms with Gasteiger partial charge in [-0.3, -0.25) is 14.3 Å². The summed E-state index contributed by atoms with van der Waals surface area (Å²) in [5.74, 6) is -0.0130. The summed E-state index contributed by atoms with van der Waals surface area (Å²) in [5, 5.41) is 5.18. The fraction of sp³-hybridized carbons (Fsp3) is 0.474. The fourth-order valence-corrected chi connectivity index (χ4v) is 4.98. The molecule has 1 aliphatic heterocycles. The van der Waals surface area contributed by atoms with Crippen LogP contribution in [0.25, 0.3) is 0 Å². The van der Waals surface area contributed by atoms with Gasteiger partial charge in [0.05, 0.1) is 12.6 Å². The highest BCUT2D eigenvalue weighted by Gasteiger charge is 2.39. The van der Waals surface area contributed by atoms with E-state index in [9.17, 15) is 26.4 Å². The molecule has 0 bridgehead atoms. The molecule has 0 saturated carbocycles. The Morgan fingerprint density at radius 2 is 1.75 bits per heavy atom. The van der Waals surface area contributed by atoms with E-state index in [0.717, 1.165) is 9.87 Å². The first-order valence-corrected chi connectivity index (χ1v) is 12.2. The SMILES string of the molecule is CCC(c1nc(C(F)(F)F)c(Br)c(=O)n1Cc1ccccc1)N1CCN(S(N)(=O)=O)CC1. The molecular weight excluding hydrogens is 515 g/mol. The van der Waals surface area contributed by atoms with Gasteiger partial charge >= 0.3 is 6.18 Å². The summed E-state index contributed by atoms with van der Waals surface area (Å²) in [7, 11) is -3.85. The van der Waals surface area contributed by atoms with E-state index in [1.165, 1.54) is 4.57 Å². The zero-order chi connectivity index (χ0) is 23.7. The van der Waals surface area contributed by atoms with Gasteiger partial charge in [0.25, 0.3) is 15.8 Å². The van der Waals surface area contributed by atoms with Crippen LogP contribution >= 0.6 is 15.9 Å². The van der Waals surface area contributed by atoms with Crippen molar-refractivity contribution in [3.05, 3.63) is 62.2 Å². The minimum absolute atomic E-state index is 0.0130. The summed E-state index contributed by atoms with van der Waals surface area (Å²) in [4.78, 5) is 18.7. The van der Waals surface area contributed by atoms with Gasteiger partial charge in [0.15, 0.2) is 5.69 Å². The van der Waals surface area contributed by atoms with Crippen LogP contribution in [0.3, 0.4) is 0 Å². The van der Waals surface area contributed by atoms with Crippen molar-refractivity contribution < 1.29 is 21.6 Å². The number of nitrogens with two attached hydrogens (primary N) is 1. The van der Waals surface area contributed by atoms with E-state index in [4.69, 9.17) is 5.14 Å². The first-order chi connectivity index (χ1) is 14.9. The van der Waals surface area contributed by atoms with E-state index in [0.29, 0.717) is 6.42 Å². The van der Waals surface area contributed by atoms with Crippen molar-refractivity contribution in [2.45, 2.75) is 32.1 Å². The van der Waals surface area contributed by atoms with E-state index in [1.807, 2.05) is 4.90 Å². The van der Waals surface area contributed by atoms with Gasteiger partial charge < -0.3 is 0 Å². The molecule has 176 valence electrons. The smallest absolute Gasteiger partial charge is 0.291 e. The third-order valence-corrected chi connectivity index (χ3v) is 7.15. The molecule has 0 radical (unpaired) electrons. The Hall–Kier alpha value is -1.80. The number of piperazine rings is 1. The van der Waals surface area contributed by atoms with Crippen LogP contribution in [0.5, 0.6) is 0 Å².